The van der Waals surface area contributed by atoms with Gasteiger partial charge in [-0.1, -0.05) is 44.4 Å². The van der Waals surface area contributed by atoms with E-state index in [0.717, 1.165) is 30.5 Å². The Hall–Kier alpha value is -1.19. The van der Waals surface area contributed by atoms with Gasteiger partial charge in [0, 0.05) is 11.7 Å². The van der Waals surface area contributed by atoms with Crippen molar-refractivity contribution in [2.75, 3.05) is 5.32 Å². The topological polar surface area (TPSA) is 12.0 Å². The fourth-order valence-electron chi connectivity index (χ4n) is 3.04. The maximum absolute atomic E-state index is 13.1. The van der Waals surface area contributed by atoms with Crippen LogP contribution in [0.3, 0.4) is 0 Å². The Morgan fingerprint density at radius 3 is 2.55 bits per heavy atom. The Morgan fingerprint density at radius 1 is 1.15 bits per heavy atom. The second-order valence-corrected chi connectivity index (χ2v) is 5.59. The Kier molecular flexibility index (Phi) is 4.95. The molecule has 1 fully saturated rings. The first-order chi connectivity index (χ1) is 9.52. The molecule has 1 saturated carbocycles. The SMILES string of the molecule is CCCc1ccccc1NC1CCCCC1C(F)(F)F. The third-order valence-electron chi connectivity index (χ3n) is 4.06. The first-order valence-electron chi connectivity index (χ1n) is 7.43. The van der Waals surface area contributed by atoms with Crippen molar-refractivity contribution < 1.29 is 13.2 Å². The van der Waals surface area contributed by atoms with E-state index in [0.29, 0.717) is 12.8 Å². The molecular weight excluding hydrogens is 263 g/mol. The molecule has 0 saturated heterocycles. The highest BCUT2D eigenvalue weighted by Gasteiger charge is 2.45. The summed E-state index contributed by atoms with van der Waals surface area (Å²) in [5, 5.41) is 3.17. The summed E-state index contributed by atoms with van der Waals surface area (Å²) in [5.74, 6) is -1.22. The number of hydrogen-bond acceptors (Lipinski definition) is 1. The Morgan fingerprint density at radius 2 is 1.85 bits per heavy atom. The fraction of sp³-hybridized carbons (Fsp3) is 0.625. The lowest BCUT2D eigenvalue weighted by atomic mass is 9.83. The quantitative estimate of drug-likeness (QED) is 0.804. The van der Waals surface area contributed by atoms with Crippen molar-refractivity contribution >= 4 is 5.69 Å². The minimum atomic E-state index is -4.10. The third-order valence-corrected chi connectivity index (χ3v) is 4.06. The average Bonchev–Trinajstić information content (AvgIpc) is 2.41. The lowest BCUT2D eigenvalue weighted by Gasteiger charge is -2.34. The normalized spacial score (nSPS) is 23.6. The second kappa shape index (κ2) is 6.51. The number of halogens is 3. The molecule has 112 valence electrons. The molecule has 2 unspecified atom stereocenters. The zero-order valence-electron chi connectivity index (χ0n) is 11.8. The van der Waals surface area contributed by atoms with E-state index in [9.17, 15) is 13.2 Å². The molecule has 1 aliphatic rings. The summed E-state index contributed by atoms with van der Waals surface area (Å²) in [6, 6.07) is 7.23. The molecule has 0 bridgehead atoms. The van der Waals surface area contributed by atoms with Gasteiger partial charge in [-0.25, -0.2) is 0 Å². The monoisotopic (exact) mass is 285 g/mol. The number of nitrogens with one attached hydrogen (secondary N) is 1. The smallest absolute Gasteiger partial charge is 0.381 e. The van der Waals surface area contributed by atoms with Crippen molar-refractivity contribution in [3.05, 3.63) is 29.8 Å². The van der Waals surface area contributed by atoms with E-state index in [2.05, 4.69) is 12.2 Å². The molecule has 2 atom stereocenters. The first-order valence-corrected chi connectivity index (χ1v) is 7.43. The molecule has 2 rings (SSSR count). The number of rotatable bonds is 4. The molecule has 0 radical (unpaired) electrons. The lowest BCUT2D eigenvalue weighted by Crippen LogP contribution is -2.41. The number of alkyl halides is 3. The van der Waals surface area contributed by atoms with Crippen LogP contribution in [0.5, 0.6) is 0 Å². The van der Waals surface area contributed by atoms with Crippen LogP contribution in [0.25, 0.3) is 0 Å². The van der Waals surface area contributed by atoms with Gasteiger partial charge in [-0.2, -0.15) is 13.2 Å². The summed E-state index contributed by atoms with van der Waals surface area (Å²) in [7, 11) is 0. The first kappa shape index (κ1) is 15.2. The van der Waals surface area contributed by atoms with E-state index in [1.165, 1.54) is 0 Å². The van der Waals surface area contributed by atoms with Gasteiger partial charge < -0.3 is 5.32 Å². The summed E-state index contributed by atoms with van der Waals surface area (Å²) < 4.78 is 39.3. The van der Waals surface area contributed by atoms with Crippen LogP contribution in [0.4, 0.5) is 18.9 Å². The summed E-state index contributed by atoms with van der Waals surface area (Å²) in [6.07, 6.45) is 0.192. The number of para-hydroxylation sites is 1. The molecule has 1 aromatic rings. The summed E-state index contributed by atoms with van der Waals surface area (Å²) in [6.45, 7) is 2.08. The van der Waals surface area contributed by atoms with Crippen LogP contribution in [-0.4, -0.2) is 12.2 Å². The lowest BCUT2D eigenvalue weighted by molar-refractivity contribution is -0.184. The van der Waals surface area contributed by atoms with Crippen LogP contribution in [0, 0.1) is 5.92 Å². The minimum absolute atomic E-state index is 0.247. The van der Waals surface area contributed by atoms with Gasteiger partial charge >= 0.3 is 6.18 Å². The Bertz CT molecular complexity index is 428. The molecule has 0 heterocycles. The zero-order chi connectivity index (χ0) is 14.6. The largest absolute Gasteiger partial charge is 0.393 e. The number of anilines is 1. The molecule has 1 aliphatic carbocycles. The van der Waals surface area contributed by atoms with Gasteiger partial charge in [0.05, 0.1) is 5.92 Å². The molecular formula is C16H22F3N. The van der Waals surface area contributed by atoms with Crippen molar-refractivity contribution in [1.29, 1.82) is 0 Å². The van der Waals surface area contributed by atoms with Crippen LogP contribution >= 0.6 is 0 Å². The summed E-state index contributed by atoms with van der Waals surface area (Å²) in [5.41, 5.74) is 1.98. The third kappa shape index (κ3) is 3.68. The van der Waals surface area contributed by atoms with E-state index in [-0.39, 0.29) is 6.42 Å². The second-order valence-electron chi connectivity index (χ2n) is 5.59. The molecule has 1 N–H and O–H groups in total. The van der Waals surface area contributed by atoms with Gasteiger partial charge in [-0.05, 0) is 30.9 Å². The molecule has 0 aliphatic heterocycles. The highest BCUT2D eigenvalue weighted by molar-refractivity contribution is 5.52. The molecule has 4 heteroatoms. The van der Waals surface area contributed by atoms with Gasteiger partial charge in [0.2, 0.25) is 0 Å². The highest BCUT2D eigenvalue weighted by atomic mass is 19.4. The van der Waals surface area contributed by atoms with Crippen LogP contribution in [0.2, 0.25) is 0 Å². The molecule has 0 amide bonds. The van der Waals surface area contributed by atoms with Crippen LogP contribution in [0.1, 0.15) is 44.6 Å². The minimum Gasteiger partial charge on any atom is -0.381 e. The fourth-order valence-corrected chi connectivity index (χ4v) is 3.04. The summed E-state index contributed by atoms with van der Waals surface area (Å²) in [4.78, 5) is 0. The van der Waals surface area contributed by atoms with E-state index >= 15 is 0 Å². The van der Waals surface area contributed by atoms with E-state index in [1.54, 1.807) is 0 Å². The predicted molar refractivity (Wildman–Crippen MR) is 75.9 cm³/mol. The molecule has 0 spiro atoms. The van der Waals surface area contributed by atoms with Gasteiger partial charge in [0.25, 0.3) is 0 Å². The number of benzene rings is 1. The predicted octanol–water partition coefficient (Wildman–Crippen LogP) is 5.17. The number of aryl methyl sites for hydroxylation is 1. The molecule has 20 heavy (non-hydrogen) atoms. The van der Waals surface area contributed by atoms with E-state index in [1.807, 2.05) is 24.3 Å². The van der Waals surface area contributed by atoms with Crippen molar-refractivity contribution in [3.8, 4) is 0 Å². The average molecular weight is 285 g/mol. The van der Waals surface area contributed by atoms with Crippen molar-refractivity contribution in [1.82, 2.24) is 0 Å². The molecule has 0 aromatic heterocycles. The van der Waals surface area contributed by atoms with Crippen molar-refractivity contribution in [2.24, 2.45) is 5.92 Å². The maximum Gasteiger partial charge on any atom is 0.393 e. The molecule has 1 aromatic carbocycles. The van der Waals surface area contributed by atoms with Gasteiger partial charge in [0.1, 0.15) is 0 Å². The summed E-state index contributed by atoms with van der Waals surface area (Å²) >= 11 is 0. The maximum atomic E-state index is 13.1. The van der Waals surface area contributed by atoms with Crippen molar-refractivity contribution in [2.45, 2.75) is 57.7 Å². The van der Waals surface area contributed by atoms with Gasteiger partial charge in [-0.3, -0.25) is 0 Å². The van der Waals surface area contributed by atoms with Crippen molar-refractivity contribution in [3.63, 3.8) is 0 Å². The van der Waals surface area contributed by atoms with Crippen LogP contribution in [0.15, 0.2) is 24.3 Å². The number of hydrogen-bond donors (Lipinski definition) is 1. The Balaban J connectivity index is 2.15. The Labute approximate surface area is 118 Å². The van der Waals surface area contributed by atoms with Crippen LogP contribution in [-0.2, 0) is 6.42 Å². The zero-order valence-corrected chi connectivity index (χ0v) is 11.8. The van der Waals surface area contributed by atoms with Gasteiger partial charge in [-0.15, -0.1) is 0 Å². The van der Waals surface area contributed by atoms with E-state index < -0.39 is 18.1 Å². The standard InChI is InChI=1S/C16H22F3N/c1-2-7-12-8-3-5-10-14(12)20-15-11-6-4-9-13(15)16(17,18)19/h3,5,8,10,13,15,20H,2,4,6-7,9,11H2,1H3. The van der Waals surface area contributed by atoms with E-state index in [4.69, 9.17) is 0 Å². The highest BCUT2D eigenvalue weighted by Crippen LogP contribution is 2.39. The van der Waals surface area contributed by atoms with Gasteiger partial charge in [0.15, 0.2) is 0 Å². The molecule has 1 nitrogen and oxygen atoms in total. The van der Waals surface area contributed by atoms with Crippen LogP contribution < -0.4 is 5.32 Å².